The first kappa shape index (κ1) is 13.1. The number of rotatable bonds is 3. The molecular formula is C15H21NO2. The standard InChI is InChI=1S/C15H21NO2/c1-16(14-9-7-12(11-17)8-10-14)15(18)13-5-3-2-4-6-13/h2-6,12,14,17H,7-11H2,1H3. The smallest absolute Gasteiger partial charge is 0.253 e. The molecule has 0 bridgehead atoms. The maximum absolute atomic E-state index is 12.3. The number of hydrogen-bond donors (Lipinski definition) is 1. The van der Waals surface area contributed by atoms with Crippen molar-refractivity contribution in [3.05, 3.63) is 35.9 Å². The van der Waals surface area contributed by atoms with E-state index in [0.29, 0.717) is 12.0 Å². The van der Waals surface area contributed by atoms with Crippen LogP contribution < -0.4 is 0 Å². The molecule has 1 saturated carbocycles. The first-order chi connectivity index (χ1) is 8.72. The summed E-state index contributed by atoms with van der Waals surface area (Å²) in [6.45, 7) is 0.281. The van der Waals surface area contributed by atoms with Crippen LogP contribution in [0.3, 0.4) is 0 Å². The molecule has 1 aromatic carbocycles. The summed E-state index contributed by atoms with van der Waals surface area (Å²) in [5, 5.41) is 9.12. The van der Waals surface area contributed by atoms with E-state index < -0.39 is 0 Å². The fraction of sp³-hybridized carbons (Fsp3) is 0.533. The molecule has 2 rings (SSSR count). The zero-order valence-corrected chi connectivity index (χ0v) is 10.9. The zero-order valence-electron chi connectivity index (χ0n) is 10.9. The van der Waals surface area contributed by atoms with E-state index in [9.17, 15) is 4.79 Å². The molecule has 0 aliphatic heterocycles. The predicted octanol–water partition coefficient (Wildman–Crippen LogP) is 2.31. The summed E-state index contributed by atoms with van der Waals surface area (Å²) in [4.78, 5) is 14.1. The predicted molar refractivity (Wildman–Crippen MR) is 71.4 cm³/mol. The number of carbonyl (C=O) groups excluding carboxylic acids is 1. The van der Waals surface area contributed by atoms with Crippen LogP contribution in [0.2, 0.25) is 0 Å². The van der Waals surface area contributed by atoms with Crippen molar-refractivity contribution in [3.63, 3.8) is 0 Å². The van der Waals surface area contributed by atoms with Crippen molar-refractivity contribution >= 4 is 5.91 Å². The van der Waals surface area contributed by atoms with Gasteiger partial charge < -0.3 is 10.0 Å². The van der Waals surface area contributed by atoms with Gasteiger partial charge in [0.25, 0.3) is 5.91 Å². The normalized spacial score (nSPS) is 23.7. The summed E-state index contributed by atoms with van der Waals surface area (Å²) in [5.74, 6) is 0.532. The SMILES string of the molecule is CN(C(=O)c1ccccc1)C1CCC(CO)CC1. The first-order valence-electron chi connectivity index (χ1n) is 6.65. The first-order valence-corrected chi connectivity index (χ1v) is 6.65. The molecule has 1 aliphatic rings. The molecule has 3 heteroatoms. The molecular weight excluding hydrogens is 226 g/mol. The minimum Gasteiger partial charge on any atom is -0.396 e. The van der Waals surface area contributed by atoms with E-state index in [1.807, 2.05) is 42.3 Å². The van der Waals surface area contributed by atoms with E-state index in [4.69, 9.17) is 5.11 Å². The van der Waals surface area contributed by atoms with Gasteiger partial charge in [-0.25, -0.2) is 0 Å². The molecule has 0 spiro atoms. The molecule has 1 fully saturated rings. The van der Waals surface area contributed by atoms with Crippen LogP contribution in [0.15, 0.2) is 30.3 Å². The molecule has 1 aromatic rings. The Bertz CT molecular complexity index is 383. The van der Waals surface area contributed by atoms with Gasteiger partial charge in [0.05, 0.1) is 0 Å². The van der Waals surface area contributed by atoms with Crippen molar-refractivity contribution in [2.24, 2.45) is 5.92 Å². The Morgan fingerprint density at radius 2 is 1.83 bits per heavy atom. The van der Waals surface area contributed by atoms with Crippen molar-refractivity contribution < 1.29 is 9.90 Å². The Morgan fingerprint density at radius 1 is 1.22 bits per heavy atom. The van der Waals surface area contributed by atoms with Gasteiger partial charge in [0.1, 0.15) is 0 Å². The van der Waals surface area contributed by atoms with Gasteiger partial charge in [0.2, 0.25) is 0 Å². The molecule has 0 aromatic heterocycles. The van der Waals surface area contributed by atoms with Gasteiger partial charge in [-0.15, -0.1) is 0 Å². The highest BCUT2D eigenvalue weighted by molar-refractivity contribution is 5.94. The quantitative estimate of drug-likeness (QED) is 0.890. The van der Waals surface area contributed by atoms with Gasteiger partial charge in [-0.2, -0.15) is 0 Å². The third-order valence-corrected chi connectivity index (χ3v) is 3.96. The average Bonchev–Trinajstić information content (AvgIpc) is 2.47. The van der Waals surface area contributed by atoms with Crippen LogP contribution in [0.5, 0.6) is 0 Å². The highest BCUT2D eigenvalue weighted by atomic mass is 16.3. The zero-order chi connectivity index (χ0) is 13.0. The largest absolute Gasteiger partial charge is 0.396 e. The van der Waals surface area contributed by atoms with E-state index in [-0.39, 0.29) is 12.5 Å². The molecule has 18 heavy (non-hydrogen) atoms. The monoisotopic (exact) mass is 247 g/mol. The molecule has 0 heterocycles. The Hall–Kier alpha value is -1.35. The molecule has 0 atom stereocenters. The van der Waals surface area contributed by atoms with E-state index in [1.54, 1.807) is 0 Å². The van der Waals surface area contributed by atoms with Gasteiger partial charge in [-0.3, -0.25) is 4.79 Å². The topological polar surface area (TPSA) is 40.5 Å². The van der Waals surface area contributed by atoms with Crippen molar-refractivity contribution in [1.82, 2.24) is 4.90 Å². The summed E-state index contributed by atoms with van der Waals surface area (Å²) < 4.78 is 0. The third-order valence-electron chi connectivity index (χ3n) is 3.96. The minimum atomic E-state index is 0.100. The second-order valence-electron chi connectivity index (χ2n) is 5.14. The highest BCUT2D eigenvalue weighted by Crippen LogP contribution is 2.27. The van der Waals surface area contributed by atoms with E-state index >= 15 is 0 Å². The van der Waals surface area contributed by atoms with Crippen LogP contribution in [0.4, 0.5) is 0 Å². The van der Waals surface area contributed by atoms with Crippen LogP contribution in [0, 0.1) is 5.92 Å². The highest BCUT2D eigenvalue weighted by Gasteiger charge is 2.26. The Kier molecular flexibility index (Phi) is 4.37. The van der Waals surface area contributed by atoms with E-state index in [2.05, 4.69) is 0 Å². The molecule has 1 N–H and O–H groups in total. The molecule has 1 aliphatic carbocycles. The van der Waals surface area contributed by atoms with Gasteiger partial charge in [0.15, 0.2) is 0 Å². The summed E-state index contributed by atoms with van der Waals surface area (Å²) in [7, 11) is 1.89. The van der Waals surface area contributed by atoms with Gasteiger partial charge in [-0.1, -0.05) is 18.2 Å². The number of nitrogens with zero attached hydrogens (tertiary/aromatic N) is 1. The second-order valence-corrected chi connectivity index (χ2v) is 5.14. The lowest BCUT2D eigenvalue weighted by Crippen LogP contribution is -2.39. The summed E-state index contributed by atoms with van der Waals surface area (Å²) >= 11 is 0. The molecule has 3 nitrogen and oxygen atoms in total. The second kappa shape index (κ2) is 6.01. The summed E-state index contributed by atoms with van der Waals surface area (Å²) in [6.07, 6.45) is 4.04. The molecule has 0 saturated heterocycles. The number of aliphatic hydroxyl groups excluding tert-OH is 1. The lowest BCUT2D eigenvalue weighted by Gasteiger charge is -2.34. The van der Waals surface area contributed by atoms with Crippen LogP contribution in [0.1, 0.15) is 36.0 Å². The lowest BCUT2D eigenvalue weighted by atomic mass is 9.86. The Labute approximate surface area is 108 Å². The van der Waals surface area contributed by atoms with Crippen LogP contribution in [0.25, 0.3) is 0 Å². The van der Waals surface area contributed by atoms with Crippen molar-refractivity contribution in [1.29, 1.82) is 0 Å². The number of hydrogen-bond acceptors (Lipinski definition) is 2. The summed E-state index contributed by atoms with van der Waals surface area (Å²) in [5.41, 5.74) is 0.754. The van der Waals surface area contributed by atoms with Crippen LogP contribution >= 0.6 is 0 Å². The van der Waals surface area contributed by atoms with E-state index in [0.717, 1.165) is 31.2 Å². The van der Waals surface area contributed by atoms with Crippen molar-refractivity contribution in [2.45, 2.75) is 31.7 Å². The van der Waals surface area contributed by atoms with Gasteiger partial charge in [0, 0.05) is 25.3 Å². The number of carbonyl (C=O) groups is 1. The fourth-order valence-corrected chi connectivity index (χ4v) is 2.66. The maximum Gasteiger partial charge on any atom is 0.253 e. The average molecular weight is 247 g/mol. The molecule has 0 radical (unpaired) electrons. The van der Waals surface area contributed by atoms with Crippen LogP contribution in [-0.2, 0) is 0 Å². The molecule has 0 unspecified atom stereocenters. The van der Waals surface area contributed by atoms with Gasteiger partial charge >= 0.3 is 0 Å². The Morgan fingerprint density at radius 3 is 2.39 bits per heavy atom. The summed E-state index contributed by atoms with van der Waals surface area (Å²) in [6, 6.07) is 9.74. The van der Waals surface area contributed by atoms with Crippen molar-refractivity contribution in [2.75, 3.05) is 13.7 Å². The number of benzene rings is 1. The minimum absolute atomic E-state index is 0.100. The number of amides is 1. The molecule has 1 amide bonds. The Balaban J connectivity index is 1.96. The number of aliphatic hydroxyl groups is 1. The van der Waals surface area contributed by atoms with Crippen LogP contribution in [-0.4, -0.2) is 35.6 Å². The fourth-order valence-electron chi connectivity index (χ4n) is 2.66. The lowest BCUT2D eigenvalue weighted by molar-refractivity contribution is 0.0653. The maximum atomic E-state index is 12.3. The third kappa shape index (κ3) is 2.91. The van der Waals surface area contributed by atoms with Crippen molar-refractivity contribution in [3.8, 4) is 0 Å². The van der Waals surface area contributed by atoms with E-state index in [1.165, 1.54) is 0 Å². The molecule has 98 valence electrons. The van der Waals surface area contributed by atoms with Gasteiger partial charge in [-0.05, 0) is 43.7 Å².